The van der Waals surface area contributed by atoms with Gasteiger partial charge in [-0.25, -0.2) is 4.79 Å². The van der Waals surface area contributed by atoms with Gasteiger partial charge in [-0.2, -0.15) is 0 Å². The van der Waals surface area contributed by atoms with Gasteiger partial charge < -0.3 is 4.74 Å². The van der Waals surface area contributed by atoms with E-state index >= 15 is 0 Å². The monoisotopic (exact) mass is 248 g/mol. The van der Waals surface area contributed by atoms with Gasteiger partial charge >= 0.3 is 5.97 Å². The highest BCUT2D eigenvalue weighted by molar-refractivity contribution is 5.89. The molecular formula is C16H24O2. The maximum Gasteiger partial charge on any atom is 0.338 e. The first-order valence-corrected chi connectivity index (χ1v) is 6.77. The Kier molecular flexibility index (Phi) is 5.90. The molecule has 0 amide bonds. The van der Waals surface area contributed by atoms with Gasteiger partial charge in [0.05, 0.1) is 12.2 Å². The number of hydrogen-bond acceptors (Lipinski definition) is 2. The quantitative estimate of drug-likeness (QED) is 0.666. The van der Waals surface area contributed by atoms with Crippen LogP contribution < -0.4 is 0 Å². The number of benzene rings is 1. The van der Waals surface area contributed by atoms with Crippen molar-refractivity contribution in [3.8, 4) is 0 Å². The van der Waals surface area contributed by atoms with Crippen LogP contribution >= 0.6 is 0 Å². The van der Waals surface area contributed by atoms with E-state index in [1.54, 1.807) is 12.1 Å². The molecule has 1 aromatic rings. The van der Waals surface area contributed by atoms with E-state index in [2.05, 4.69) is 20.8 Å². The van der Waals surface area contributed by atoms with Crippen LogP contribution in [0.2, 0.25) is 0 Å². The highest BCUT2D eigenvalue weighted by atomic mass is 16.5. The molecule has 100 valence electrons. The first-order valence-electron chi connectivity index (χ1n) is 6.77. The minimum absolute atomic E-state index is 0.220. The molecule has 0 bridgehead atoms. The van der Waals surface area contributed by atoms with Crippen molar-refractivity contribution in [2.75, 3.05) is 6.61 Å². The van der Waals surface area contributed by atoms with Gasteiger partial charge in [-0.3, -0.25) is 0 Å². The smallest absolute Gasteiger partial charge is 0.338 e. The molecule has 0 unspecified atom stereocenters. The van der Waals surface area contributed by atoms with Crippen LogP contribution in [0.5, 0.6) is 0 Å². The van der Waals surface area contributed by atoms with Gasteiger partial charge in [-0.1, -0.05) is 51.8 Å². The Morgan fingerprint density at radius 2 is 1.83 bits per heavy atom. The number of carbonyl (C=O) groups is 1. The van der Waals surface area contributed by atoms with E-state index in [1.165, 1.54) is 19.3 Å². The van der Waals surface area contributed by atoms with Crippen molar-refractivity contribution in [2.45, 2.75) is 46.5 Å². The van der Waals surface area contributed by atoms with Gasteiger partial charge in [0.15, 0.2) is 0 Å². The summed E-state index contributed by atoms with van der Waals surface area (Å²) in [5, 5.41) is 0. The molecular weight excluding hydrogens is 224 g/mol. The minimum atomic E-state index is -0.220. The van der Waals surface area contributed by atoms with Crippen molar-refractivity contribution in [3.63, 3.8) is 0 Å². The standard InChI is InChI=1S/C16H24O2/c1-4-5-11-16(2,3)12-13-18-15(17)14-9-7-6-8-10-14/h6-10H,4-5,11-13H2,1-3H3. The van der Waals surface area contributed by atoms with Crippen LogP contribution in [0.1, 0.15) is 56.8 Å². The number of carbonyl (C=O) groups excluding carboxylic acids is 1. The van der Waals surface area contributed by atoms with Crippen molar-refractivity contribution >= 4 is 5.97 Å². The highest BCUT2D eigenvalue weighted by Crippen LogP contribution is 2.27. The molecule has 0 fully saturated rings. The van der Waals surface area contributed by atoms with Gasteiger partial charge in [-0.15, -0.1) is 0 Å². The highest BCUT2D eigenvalue weighted by Gasteiger charge is 2.17. The summed E-state index contributed by atoms with van der Waals surface area (Å²) in [6, 6.07) is 9.16. The molecule has 0 spiro atoms. The third kappa shape index (κ3) is 5.35. The Morgan fingerprint density at radius 1 is 1.17 bits per heavy atom. The van der Waals surface area contributed by atoms with E-state index in [9.17, 15) is 4.79 Å². The van der Waals surface area contributed by atoms with Crippen molar-refractivity contribution in [2.24, 2.45) is 5.41 Å². The lowest BCUT2D eigenvalue weighted by atomic mass is 9.84. The summed E-state index contributed by atoms with van der Waals surface area (Å²) >= 11 is 0. The average Bonchev–Trinajstić information content (AvgIpc) is 2.37. The predicted molar refractivity (Wildman–Crippen MR) is 74.6 cm³/mol. The second kappa shape index (κ2) is 7.20. The second-order valence-electron chi connectivity index (χ2n) is 5.52. The lowest BCUT2D eigenvalue weighted by Crippen LogP contribution is -2.16. The fourth-order valence-corrected chi connectivity index (χ4v) is 1.86. The third-order valence-electron chi connectivity index (χ3n) is 3.23. The Bertz CT molecular complexity index is 355. The minimum Gasteiger partial charge on any atom is -0.462 e. The fourth-order valence-electron chi connectivity index (χ4n) is 1.86. The zero-order valence-electron chi connectivity index (χ0n) is 11.7. The topological polar surface area (TPSA) is 26.3 Å². The lowest BCUT2D eigenvalue weighted by molar-refractivity contribution is 0.0453. The summed E-state index contributed by atoms with van der Waals surface area (Å²) in [5.41, 5.74) is 0.886. The average molecular weight is 248 g/mol. The molecule has 0 aromatic heterocycles. The van der Waals surface area contributed by atoms with Gasteiger partial charge in [-0.05, 0) is 30.4 Å². The van der Waals surface area contributed by atoms with Crippen LogP contribution in [0.25, 0.3) is 0 Å². The molecule has 0 N–H and O–H groups in total. The summed E-state index contributed by atoms with van der Waals surface area (Å²) in [6.07, 6.45) is 4.56. The summed E-state index contributed by atoms with van der Waals surface area (Å²) < 4.78 is 5.30. The molecule has 0 aliphatic heterocycles. The number of unbranched alkanes of at least 4 members (excludes halogenated alkanes) is 1. The SMILES string of the molecule is CCCCC(C)(C)CCOC(=O)c1ccccc1. The summed E-state index contributed by atoms with van der Waals surface area (Å²) in [6.45, 7) is 7.17. The van der Waals surface area contributed by atoms with Gasteiger partial charge in [0.1, 0.15) is 0 Å². The van der Waals surface area contributed by atoms with Crippen molar-refractivity contribution in [3.05, 3.63) is 35.9 Å². The molecule has 0 aliphatic carbocycles. The second-order valence-corrected chi connectivity index (χ2v) is 5.52. The van der Waals surface area contributed by atoms with E-state index in [-0.39, 0.29) is 11.4 Å². The lowest BCUT2D eigenvalue weighted by Gasteiger charge is -2.24. The Hall–Kier alpha value is -1.31. The molecule has 1 aromatic carbocycles. The number of ether oxygens (including phenoxy) is 1. The molecule has 2 nitrogen and oxygen atoms in total. The van der Waals surface area contributed by atoms with E-state index in [0.29, 0.717) is 12.2 Å². The van der Waals surface area contributed by atoms with Crippen molar-refractivity contribution in [1.82, 2.24) is 0 Å². The molecule has 0 heterocycles. The first kappa shape index (κ1) is 14.7. The van der Waals surface area contributed by atoms with Gasteiger partial charge in [0, 0.05) is 0 Å². The van der Waals surface area contributed by atoms with Crippen molar-refractivity contribution < 1.29 is 9.53 Å². The Balaban J connectivity index is 2.31. The molecule has 18 heavy (non-hydrogen) atoms. The number of rotatable bonds is 7. The van der Waals surface area contributed by atoms with Crippen LogP contribution in [0.3, 0.4) is 0 Å². The molecule has 2 heteroatoms. The number of esters is 1. The zero-order chi connectivity index (χ0) is 13.4. The van der Waals surface area contributed by atoms with Crippen LogP contribution in [-0.4, -0.2) is 12.6 Å². The Labute approximate surface area is 110 Å². The first-order chi connectivity index (χ1) is 8.55. The molecule has 0 radical (unpaired) electrons. The van der Waals surface area contributed by atoms with Crippen LogP contribution in [-0.2, 0) is 4.74 Å². The number of hydrogen-bond donors (Lipinski definition) is 0. The van der Waals surface area contributed by atoms with E-state index in [4.69, 9.17) is 4.74 Å². The third-order valence-corrected chi connectivity index (χ3v) is 3.23. The van der Waals surface area contributed by atoms with Crippen LogP contribution in [0.15, 0.2) is 30.3 Å². The van der Waals surface area contributed by atoms with E-state index < -0.39 is 0 Å². The van der Waals surface area contributed by atoms with Gasteiger partial charge in [0.2, 0.25) is 0 Å². The maximum absolute atomic E-state index is 11.7. The molecule has 0 aliphatic rings. The van der Waals surface area contributed by atoms with Gasteiger partial charge in [0.25, 0.3) is 0 Å². The van der Waals surface area contributed by atoms with Crippen LogP contribution in [0.4, 0.5) is 0 Å². The predicted octanol–water partition coefficient (Wildman–Crippen LogP) is 4.45. The van der Waals surface area contributed by atoms with Crippen molar-refractivity contribution in [1.29, 1.82) is 0 Å². The van der Waals surface area contributed by atoms with Crippen LogP contribution in [0, 0.1) is 5.41 Å². The summed E-state index contributed by atoms with van der Waals surface area (Å²) in [4.78, 5) is 11.7. The fraction of sp³-hybridized carbons (Fsp3) is 0.562. The largest absolute Gasteiger partial charge is 0.462 e. The summed E-state index contributed by atoms with van der Waals surface area (Å²) in [5.74, 6) is -0.220. The molecule has 0 saturated heterocycles. The maximum atomic E-state index is 11.7. The van der Waals surface area contributed by atoms with E-state index in [0.717, 1.165) is 6.42 Å². The Morgan fingerprint density at radius 3 is 2.44 bits per heavy atom. The van der Waals surface area contributed by atoms with E-state index in [1.807, 2.05) is 18.2 Å². The molecule has 1 rings (SSSR count). The molecule has 0 atom stereocenters. The molecule has 0 saturated carbocycles. The zero-order valence-corrected chi connectivity index (χ0v) is 11.7. The normalized spacial score (nSPS) is 11.3. The summed E-state index contributed by atoms with van der Waals surface area (Å²) in [7, 11) is 0.